The van der Waals surface area contributed by atoms with Gasteiger partial charge < -0.3 is 5.11 Å². The molecule has 0 fully saturated rings. The molecule has 22 heavy (non-hydrogen) atoms. The van der Waals surface area contributed by atoms with E-state index < -0.39 is 21.9 Å². The van der Waals surface area contributed by atoms with Gasteiger partial charge in [-0.15, -0.1) is 11.3 Å². The average molecular weight is 343 g/mol. The first kappa shape index (κ1) is 17.1. The Labute approximate surface area is 133 Å². The Balaban J connectivity index is 1.98. The summed E-state index contributed by atoms with van der Waals surface area (Å²) in [5.41, 5.74) is 0.294. The van der Waals surface area contributed by atoms with E-state index in [1.54, 1.807) is 6.92 Å². The highest BCUT2D eigenvalue weighted by molar-refractivity contribution is 7.89. The van der Waals surface area contributed by atoms with E-state index in [0.29, 0.717) is 12.0 Å². The lowest BCUT2D eigenvalue weighted by molar-refractivity contribution is 0.203. The Bertz CT molecular complexity index is 754. The molecule has 0 unspecified atom stereocenters. The van der Waals surface area contributed by atoms with Crippen molar-refractivity contribution < 1.29 is 17.9 Å². The molecule has 2 rings (SSSR count). The lowest BCUT2D eigenvalue weighted by Crippen LogP contribution is -2.26. The molecule has 2 N–H and O–H groups in total. The van der Waals surface area contributed by atoms with Crippen LogP contribution in [0, 0.1) is 12.7 Å². The Hall–Kier alpha value is -1.28. The summed E-state index contributed by atoms with van der Waals surface area (Å²) >= 11 is 1.46. The van der Waals surface area contributed by atoms with Crippen molar-refractivity contribution in [1.29, 1.82) is 0 Å². The van der Waals surface area contributed by atoms with Crippen LogP contribution in [0.4, 0.5) is 4.39 Å². The lowest BCUT2D eigenvalue weighted by atomic mass is 10.2. The summed E-state index contributed by atoms with van der Waals surface area (Å²) in [5.74, 6) is -0.428. The highest BCUT2D eigenvalue weighted by Crippen LogP contribution is 2.23. The quantitative estimate of drug-likeness (QED) is 0.847. The summed E-state index contributed by atoms with van der Waals surface area (Å²) in [5, 5.41) is 9.46. The fourth-order valence-corrected chi connectivity index (χ4v) is 4.00. The zero-order valence-corrected chi connectivity index (χ0v) is 14.0. The number of thiophene rings is 1. The number of sulfonamides is 1. The van der Waals surface area contributed by atoms with E-state index >= 15 is 0 Å². The molecule has 1 aromatic carbocycles. The minimum Gasteiger partial charge on any atom is -0.388 e. The number of benzene rings is 1. The van der Waals surface area contributed by atoms with Crippen LogP contribution in [-0.2, 0) is 16.4 Å². The molecular weight excluding hydrogens is 325 g/mol. The molecule has 0 saturated carbocycles. The molecule has 0 radical (unpaired) electrons. The van der Waals surface area contributed by atoms with Gasteiger partial charge in [-0.25, -0.2) is 17.5 Å². The Kier molecular flexibility index (Phi) is 5.33. The van der Waals surface area contributed by atoms with Gasteiger partial charge in [0.25, 0.3) is 0 Å². The Morgan fingerprint density at radius 1 is 1.32 bits per heavy atom. The molecule has 0 aliphatic carbocycles. The predicted octanol–water partition coefficient (Wildman–Crippen LogP) is 2.77. The van der Waals surface area contributed by atoms with Crippen molar-refractivity contribution in [3.63, 3.8) is 0 Å². The summed E-state index contributed by atoms with van der Waals surface area (Å²) in [6.45, 7) is 3.46. The van der Waals surface area contributed by atoms with Crippen LogP contribution in [0.5, 0.6) is 0 Å². The highest BCUT2D eigenvalue weighted by atomic mass is 32.2. The summed E-state index contributed by atoms with van der Waals surface area (Å²) in [6.07, 6.45) is 0.0224. The molecular formula is C15H18FNO3S2. The number of nitrogens with one attached hydrogen (secondary N) is 1. The summed E-state index contributed by atoms with van der Waals surface area (Å²) < 4.78 is 40.0. The molecule has 7 heteroatoms. The van der Waals surface area contributed by atoms with Gasteiger partial charge in [0, 0.05) is 16.3 Å². The fraction of sp³-hybridized carbons (Fsp3) is 0.333. The third-order valence-electron chi connectivity index (χ3n) is 3.20. The van der Waals surface area contributed by atoms with Crippen molar-refractivity contribution in [1.82, 2.24) is 4.72 Å². The zero-order valence-electron chi connectivity index (χ0n) is 12.3. The SMILES string of the molecule is Cc1cc(S(=O)(=O)NCCc2ccc([C@H](C)O)s2)ccc1F. The van der Waals surface area contributed by atoms with Crippen LogP contribution in [0.25, 0.3) is 0 Å². The van der Waals surface area contributed by atoms with E-state index in [9.17, 15) is 17.9 Å². The number of rotatable bonds is 6. The summed E-state index contributed by atoms with van der Waals surface area (Å²) in [6, 6.07) is 7.43. The first-order chi connectivity index (χ1) is 10.3. The number of hydrogen-bond acceptors (Lipinski definition) is 4. The third kappa shape index (κ3) is 4.13. The normalized spacial score (nSPS) is 13.3. The number of halogens is 1. The second kappa shape index (κ2) is 6.87. The third-order valence-corrected chi connectivity index (χ3v) is 5.97. The molecule has 1 atom stereocenters. The zero-order chi connectivity index (χ0) is 16.3. The summed E-state index contributed by atoms with van der Waals surface area (Å²) in [7, 11) is -3.64. The molecule has 0 amide bonds. The Morgan fingerprint density at radius 2 is 2.05 bits per heavy atom. The van der Waals surface area contributed by atoms with Crippen LogP contribution < -0.4 is 4.72 Å². The largest absolute Gasteiger partial charge is 0.388 e. The van der Waals surface area contributed by atoms with Crippen molar-refractivity contribution in [2.45, 2.75) is 31.3 Å². The summed E-state index contributed by atoms with van der Waals surface area (Å²) in [4.78, 5) is 1.91. The molecule has 0 aliphatic heterocycles. The van der Waals surface area contributed by atoms with Gasteiger partial charge in [0.2, 0.25) is 10.0 Å². The number of aryl methyl sites for hydroxylation is 1. The molecule has 0 spiro atoms. The van der Waals surface area contributed by atoms with Gasteiger partial charge in [-0.1, -0.05) is 0 Å². The first-order valence-electron chi connectivity index (χ1n) is 6.82. The topological polar surface area (TPSA) is 66.4 Å². The fourth-order valence-electron chi connectivity index (χ4n) is 1.93. The second-order valence-corrected chi connectivity index (χ2v) is 8.01. The van der Waals surface area contributed by atoms with Gasteiger partial charge in [-0.05, 0) is 56.2 Å². The van der Waals surface area contributed by atoms with E-state index in [4.69, 9.17) is 0 Å². The van der Waals surface area contributed by atoms with E-state index in [-0.39, 0.29) is 11.4 Å². The van der Waals surface area contributed by atoms with Gasteiger partial charge in [0.15, 0.2) is 0 Å². The molecule has 4 nitrogen and oxygen atoms in total. The standard InChI is InChI=1S/C15H18FNO3S2/c1-10-9-13(4-5-14(10)16)22(19,20)17-8-7-12-3-6-15(21-12)11(2)18/h3-6,9,11,17-18H,7-8H2,1-2H3/t11-/m0/s1. The van der Waals surface area contributed by atoms with E-state index in [2.05, 4.69) is 4.72 Å². The van der Waals surface area contributed by atoms with E-state index in [1.165, 1.54) is 30.4 Å². The molecule has 1 aromatic heterocycles. The van der Waals surface area contributed by atoms with E-state index in [1.807, 2.05) is 12.1 Å². The number of aliphatic hydroxyl groups is 1. The number of hydrogen-bond donors (Lipinski definition) is 2. The van der Waals surface area contributed by atoms with Gasteiger partial charge in [-0.2, -0.15) is 0 Å². The lowest BCUT2D eigenvalue weighted by Gasteiger charge is -2.07. The van der Waals surface area contributed by atoms with Gasteiger partial charge >= 0.3 is 0 Å². The highest BCUT2D eigenvalue weighted by Gasteiger charge is 2.15. The van der Waals surface area contributed by atoms with Gasteiger partial charge in [0.05, 0.1) is 11.0 Å². The maximum Gasteiger partial charge on any atom is 0.240 e. The second-order valence-electron chi connectivity index (χ2n) is 5.04. The minimum absolute atomic E-state index is 0.0576. The van der Waals surface area contributed by atoms with Crippen LogP contribution in [0.15, 0.2) is 35.2 Å². The predicted molar refractivity (Wildman–Crippen MR) is 85.0 cm³/mol. The van der Waals surface area contributed by atoms with Gasteiger partial charge in [-0.3, -0.25) is 0 Å². The molecule has 1 heterocycles. The average Bonchev–Trinajstić information content (AvgIpc) is 2.90. The van der Waals surface area contributed by atoms with Crippen molar-refractivity contribution in [2.75, 3.05) is 6.54 Å². The molecule has 0 aliphatic rings. The van der Waals surface area contributed by atoms with Crippen LogP contribution in [0.3, 0.4) is 0 Å². The smallest absolute Gasteiger partial charge is 0.240 e. The van der Waals surface area contributed by atoms with Gasteiger partial charge in [0.1, 0.15) is 5.82 Å². The van der Waals surface area contributed by atoms with Crippen LogP contribution in [0.1, 0.15) is 28.3 Å². The van der Waals surface area contributed by atoms with Crippen LogP contribution in [-0.4, -0.2) is 20.1 Å². The van der Waals surface area contributed by atoms with E-state index in [0.717, 1.165) is 15.8 Å². The molecule has 120 valence electrons. The maximum absolute atomic E-state index is 13.2. The molecule has 0 bridgehead atoms. The van der Waals surface area contributed by atoms with Crippen molar-refractivity contribution >= 4 is 21.4 Å². The van der Waals surface area contributed by atoms with Crippen molar-refractivity contribution in [3.8, 4) is 0 Å². The number of aliphatic hydroxyl groups excluding tert-OH is 1. The molecule has 0 saturated heterocycles. The Morgan fingerprint density at radius 3 is 2.64 bits per heavy atom. The van der Waals surface area contributed by atoms with Crippen molar-refractivity contribution in [3.05, 3.63) is 51.5 Å². The van der Waals surface area contributed by atoms with Crippen LogP contribution >= 0.6 is 11.3 Å². The monoisotopic (exact) mass is 343 g/mol. The van der Waals surface area contributed by atoms with Crippen molar-refractivity contribution in [2.24, 2.45) is 0 Å². The minimum atomic E-state index is -3.64. The molecule has 2 aromatic rings. The van der Waals surface area contributed by atoms with Crippen LogP contribution in [0.2, 0.25) is 0 Å². The maximum atomic E-state index is 13.2. The first-order valence-corrected chi connectivity index (χ1v) is 9.12.